The Kier molecular flexibility index (Phi) is 6.42. The zero-order valence-electron chi connectivity index (χ0n) is 16.2. The van der Waals surface area contributed by atoms with Gasteiger partial charge in [-0.15, -0.1) is 0 Å². The molecular formula is C22H25N3O3. The molecule has 1 aliphatic heterocycles. The molecule has 2 amide bonds. The summed E-state index contributed by atoms with van der Waals surface area (Å²) in [5.74, 6) is 0.479. The van der Waals surface area contributed by atoms with Gasteiger partial charge in [0.05, 0.1) is 13.3 Å². The second-order valence-electron chi connectivity index (χ2n) is 6.94. The molecule has 1 N–H and O–H groups in total. The molecule has 0 aliphatic carbocycles. The van der Waals surface area contributed by atoms with Gasteiger partial charge in [-0.3, -0.25) is 9.59 Å². The monoisotopic (exact) mass is 379 g/mol. The third-order valence-electron chi connectivity index (χ3n) is 4.96. The number of benzene rings is 2. The SMILES string of the molecule is COc1ccc(C(=O)N2CCC(C(=O)N/N=C\c3ccc(C)cc3)CC2)cc1. The maximum absolute atomic E-state index is 12.6. The Morgan fingerprint density at radius 3 is 2.32 bits per heavy atom. The van der Waals surface area contributed by atoms with Crippen molar-refractivity contribution in [2.24, 2.45) is 11.0 Å². The van der Waals surface area contributed by atoms with Crippen molar-refractivity contribution in [3.05, 3.63) is 65.2 Å². The molecule has 0 spiro atoms. The highest BCUT2D eigenvalue weighted by molar-refractivity contribution is 5.94. The molecule has 0 radical (unpaired) electrons. The largest absolute Gasteiger partial charge is 0.497 e. The van der Waals surface area contributed by atoms with Crippen LogP contribution in [0.2, 0.25) is 0 Å². The molecule has 2 aromatic carbocycles. The number of nitrogens with one attached hydrogen (secondary N) is 1. The van der Waals surface area contributed by atoms with Gasteiger partial charge in [-0.2, -0.15) is 5.10 Å². The molecule has 6 heteroatoms. The number of ether oxygens (including phenoxy) is 1. The zero-order chi connectivity index (χ0) is 19.9. The molecule has 28 heavy (non-hydrogen) atoms. The average Bonchev–Trinajstić information content (AvgIpc) is 2.74. The minimum atomic E-state index is -0.130. The number of carbonyl (C=O) groups excluding carboxylic acids is 2. The van der Waals surface area contributed by atoms with E-state index in [0.717, 1.165) is 11.3 Å². The minimum Gasteiger partial charge on any atom is -0.497 e. The fraction of sp³-hybridized carbons (Fsp3) is 0.318. The Morgan fingerprint density at radius 2 is 1.71 bits per heavy atom. The topological polar surface area (TPSA) is 71.0 Å². The molecule has 0 bridgehead atoms. The van der Waals surface area contributed by atoms with E-state index in [4.69, 9.17) is 4.74 Å². The first kappa shape index (κ1) is 19.6. The lowest BCUT2D eigenvalue weighted by molar-refractivity contribution is -0.126. The van der Waals surface area contributed by atoms with Crippen LogP contribution in [0.1, 0.15) is 34.3 Å². The molecule has 1 fully saturated rings. The third-order valence-corrected chi connectivity index (χ3v) is 4.96. The summed E-state index contributed by atoms with van der Waals surface area (Å²) in [6, 6.07) is 15.0. The summed E-state index contributed by atoms with van der Waals surface area (Å²) in [6.07, 6.45) is 2.90. The fourth-order valence-corrected chi connectivity index (χ4v) is 3.18. The maximum atomic E-state index is 12.6. The van der Waals surface area contributed by atoms with E-state index in [0.29, 0.717) is 31.5 Å². The van der Waals surface area contributed by atoms with Crippen molar-refractivity contribution in [3.63, 3.8) is 0 Å². The van der Waals surface area contributed by atoms with Gasteiger partial charge in [-0.1, -0.05) is 29.8 Å². The van der Waals surface area contributed by atoms with E-state index in [-0.39, 0.29) is 17.7 Å². The maximum Gasteiger partial charge on any atom is 0.253 e. The highest BCUT2D eigenvalue weighted by Crippen LogP contribution is 2.20. The first-order valence-corrected chi connectivity index (χ1v) is 9.40. The Morgan fingerprint density at radius 1 is 1.07 bits per heavy atom. The molecule has 0 atom stereocenters. The molecule has 146 valence electrons. The number of nitrogens with zero attached hydrogens (tertiary/aromatic N) is 2. The van der Waals surface area contributed by atoms with E-state index in [1.54, 1.807) is 42.5 Å². The lowest BCUT2D eigenvalue weighted by Gasteiger charge is -2.31. The van der Waals surface area contributed by atoms with E-state index in [1.165, 1.54) is 5.56 Å². The summed E-state index contributed by atoms with van der Waals surface area (Å²) in [5, 5.41) is 4.05. The molecule has 3 rings (SSSR count). The van der Waals surface area contributed by atoms with Crippen molar-refractivity contribution in [1.82, 2.24) is 10.3 Å². The Labute approximate surface area is 165 Å². The first-order chi connectivity index (χ1) is 13.6. The lowest BCUT2D eigenvalue weighted by atomic mass is 9.95. The Hall–Kier alpha value is -3.15. The van der Waals surface area contributed by atoms with Crippen molar-refractivity contribution in [2.45, 2.75) is 19.8 Å². The number of piperidine rings is 1. The summed E-state index contributed by atoms with van der Waals surface area (Å²) < 4.78 is 5.12. The molecule has 0 unspecified atom stereocenters. The second-order valence-corrected chi connectivity index (χ2v) is 6.94. The lowest BCUT2D eigenvalue weighted by Crippen LogP contribution is -2.42. The van der Waals surface area contributed by atoms with Gasteiger partial charge >= 0.3 is 0 Å². The van der Waals surface area contributed by atoms with Crippen LogP contribution < -0.4 is 10.2 Å². The molecule has 0 saturated carbocycles. The van der Waals surface area contributed by atoms with Crippen molar-refractivity contribution in [1.29, 1.82) is 0 Å². The molecule has 1 saturated heterocycles. The zero-order valence-corrected chi connectivity index (χ0v) is 16.2. The van der Waals surface area contributed by atoms with E-state index in [2.05, 4.69) is 10.5 Å². The normalized spacial score (nSPS) is 14.9. The number of amides is 2. The minimum absolute atomic E-state index is 0.0149. The van der Waals surface area contributed by atoms with Crippen molar-refractivity contribution < 1.29 is 14.3 Å². The highest BCUT2D eigenvalue weighted by atomic mass is 16.5. The van der Waals surface area contributed by atoms with Gasteiger partial charge in [0, 0.05) is 24.6 Å². The fourth-order valence-electron chi connectivity index (χ4n) is 3.18. The van der Waals surface area contributed by atoms with Crippen molar-refractivity contribution in [3.8, 4) is 5.75 Å². The number of carbonyl (C=O) groups is 2. The van der Waals surface area contributed by atoms with E-state index >= 15 is 0 Å². The Balaban J connectivity index is 1.47. The van der Waals surface area contributed by atoms with Gasteiger partial charge in [0.15, 0.2) is 0 Å². The standard InChI is InChI=1S/C22H25N3O3/c1-16-3-5-17(6-4-16)15-23-24-21(26)18-11-13-25(14-12-18)22(27)19-7-9-20(28-2)10-8-19/h3-10,15,18H,11-14H2,1-2H3,(H,24,26)/b23-15-. The smallest absolute Gasteiger partial charge is 0.253 e. The Bertz CT molecular complexity index is 836. The van der Waals surface area contributed by atoms with E-state index in [1.807, 2.05) is 31.2 Å². The number of hydrogen-bond acceptors (Lipinski definition) is 4. The molecule has 0 aromatic heterocycles. The van der Waals surface area contributed by atoms with Gasteiger partial charge in [-0.05, 0) is 49.6 Å². The number of aryl methyl sites for hydroxylation is 1. The number of likely N-dealkylation sites (tertiary alicyclic amines) is 1. The molecule has 1 aliphatic rings. The van der Waals surface area contributed by atoms with Crippen LogP contribution in [0.5, 0.6) is 5.75 Å². The van der Waals surface area contributed by atoms with E-state index in [9.17, 15) is 9.59 Å². The predicted molar refractivity (Wildman–Crippen MR) is 109 cm³/mol. The van der Waals surface area contributed by atoms with Crippen molar-refractivity contribution in [2.75, 3.05) is 20.2 Å². The van der Waals surface area contributed by atoms with Crippen molar-refractivity contribution >= 4 is 18.0 Å². The summed E-state index contributed by atoms with van der Waals surface area (Å²) in [5.41, 5.74) is 5.36. The number of rotatable bonds is 5. The first-order valence-electron chi connectivity index (χ1n) is 9.40. The van der Waals surface area contributed by atoms with Crippen LogP contribution >= 0.6 is 0 Å². The van der Waals surface area contributed by atoms with Crippen LogP contribution in [0.3, 0.4) is 0 Å². The molecule has 2 aromatic rings. The summed E-state index contributed by atoms with van der Waals surface area (Å²) in [6.45, 7) is 3.14. The molecule has 1 heterocycles. The van der Waals surface area contributed by atoms with Gasteiger partial charge in [0.2, 0.25) is 5.91 Å². The van der Waals surface area contributed by atoms with Crippen LogP contribution in [0.25, 0.3) is 0 Å². The number of hydrazone groups is 1. The number of hydrogen-bond donors (Lipinski definition) is 1. The highest BCUT2D eigenvalue weighted by Gasteiger charge is 2.27. The molecular weight excluding hydrogens is 354 g/mol. The van der Waals surface area contributed by atoms with E-state index < -0.39 is 0 Å². The van der Waals surface area contributed by atoms with Gasteiger partial charge < -0.3 is 9.64 Å². The van der Waals surface area contributed by atoms with Crippen LogP contribution in [0.4, 0.5) is 0 Å². The predicted octanol–water partition coefficient (Wildman–Crippen LogP) is 3.01. The average molecular weight is 379 g/mol. The summed E-state index contributed by atoms with van der Waals surface area (Å²) in [4.78, 5) is 26.7. The van der Waals surface area contributed by atoms with Crippen LogP contribution in [0, 0.1) is 12.8 Å². The quantitative estimate of drug-likeness (QED) is 0.641. The van der Waals surface area contributed by atoms with Crippen LogP contribution in [-0.2, 0) is 4.79 Å². The summed E-state index contributed by atoms with van der Waals surface area (Å²) >= 11 is 0. The van der Waals surface area contributed by atoms with Gasteiger partial charge in [-0.25, -0.2) is 5.43 Å². The number of methoxy groups -OCH3 is 1. The van der Waals surface area contributed by atoms with Crippen LogP contribution in [-0.4, -0.2) is 43.1 Å². The third kappa shape index (κ3) is 4.97. The second kappa shape index (κ2) is 9.17. The molecule has 6 nitrogen and oxygen atoms in total. The van der Waals surface area contributed by atoms with Gasteiger partial charge in [0.1, 0.15) is 5.75 Å². The van der Waals surface area contributed by atoms with Gasteiger partial charge in [0.25, 0.3) is 5.91 Å². The van der Waals surface area contributed by atoms with Crippen LogP contribution in [0.15, 0.2) is 53.6 Å². The summed E-state index contributed by atoms with van der Waals surface area (Å²) in [7, 11) is 1.59.